The van der Waals surface area contributed by atoms with Gasteiger partial charge >= 0.3 is 0 Å². The molecule has 0 radical (unpaired) electrons. The molecule has 51 heavy (non-hydrogen) atoms. The number of amides is 4. The van der Waals surface area contributed by atoms with Crippen LogP contribution < -0.4 is 10.3 Å². The molecular formula is C43H35N3O5. The summed E-state index contributed by atoms with van der Waals surface area (Å²) in [6, 6.07) is 37.0. The van der Waals surface area contributed by atoms with Crippen LogP contribution in [0, 0.1) is 30.6 Å². The van der Waals surface area contributed by atoms with Crippen LogP contribution in [0.4, 0.5) is 11.4 Å². The third kappa shape index (κ3) is 4.38. The SMILES string of the molecule is Cc1ccc(NN2C(=O)[C@@H]3C[C@@H]4C(=CC[C@@H]5C(=O)N(c6ccccc6)C(=O)[C@@H]54)[C@H](c4ccc(O)c5ccccc45)[C@]3(c3ccccc3)C2=O)cc1. The van der Waals surface area contributed by atoms with Crippen LogP contribution in [-0.2, 0) is 24.6 Å². The molecule has 0 spiro atoms. The molecular weight excluding hydrogens is 638 g/mol. The Hall–Kier alpha value is -6.02. The molecule has 8 heteroatoms. The van der Waals surface area contributed by atoms with Gasteiger partial charge in [0.2, 0.25) is 11.8 Å². The standard InChI is InChI=1S/C43H35N3O5/c1-25-16-18-27(19-17-25)44-46-40(49)35-24-34-32(20-21-33-37(34)41(50)45(39(33)48)28-12-6-3-7-13-28)38(43(35,42(46)51)26-10-4-2-5-11-26)31-22-23-36(47)30-15-9-8-14-29(30)31/h2-20,22-23,33-35,37-38,44,47H,21,24H2,1H3/t33-,34+,35-,37-,38-,43+/m0/s1. The average molecular weight is 674 g/mol. The Morgan fingerprint density at radius 1 is 0.706 bits per heavy atom. The van der Waals surface area contributed by atoms with Crippen molar-refractivity contribution in [3.8, 4) is 5.75 Å². The smallest absolute Gasteiger partial charge is 0.260 e. The Labute approximate surface area is 295 Å². The summed E-state index contributed by atoms with van der Waals surface area (Å²) in [7, 11) is 0. The normalized spacial score (nSPS) is 26.9. The first-order chi connectivity index (χ1) is 24.8. The predicted octanol–water partition coefficient (Wildman–Crippen LogP) is 7.04. The maximum Gasteiger partial charge on any atom is 0.260 e. The largest absolute Gasteiger partial charge is 0.507 e. The van der Waals surface area contributed by atoms with Gasteiger partial charge in [-0.15, -0.1) is 0 Å². The summed E-state index contributed by atoms with van der Waals surface area (Å²) in [5.41, 5.74) is 6.28. The second-order valence-corrected chi connectivity index (χ2v) is 14.2. The number of aromatic hydroxyl groups is 1. The molecule has 2 aliphatic carbocycles. The number of hydrogen-bond donors (Lipinski definition) is 2. The third-order valence-electron chi connectivity index (χ3n) is 11.7. The number of hydrogen-bond acceptors (Lipinski definition) is 6. The van der Waals surface area contributed by atoms with Gasteiger partial charge in [-0.25, -0.2) is 0 Å². The zero-order valence-electron chi connectivity index (χ0n) is 27.9. The molecule has 4 aliphatic rings. The van der Waals surface area contributed by atoms with Gasteiger partial charge in [-0.1, -0.05) is 108 Å². The number of rotatable bonds is 5. The maximum absolute atomic E-state index is 15.4. The zero-order chi connectivity index (χ0) is 35.0. The molecule has 252 valence electrons. The molecule has 0 aromatic heterocycles. The Balaban J connectivity index is 1.28. The minimum absolute atomic E-state index is 0.108. The van der Waals surface area contributed by atoms with E-state index in [-0.39, 0.29) is 35.8 Å². The minimum atomic E-state index is -1.39. The summed E-state index contributed by atoms with van der Waals surface area (Å²) < 4.78 is 0. The topological polar surface area (TPSA) is 107 Å². The van der Waals surface area contributed by atoms with Gasteiger partial charge in [-0.05, 0) is 72.5 Å². The van der Waals surface area contributed by atoms with E-state index in [0.29, 0.717) is 28.7 Å². The highest BCUT2D eigenvalue weighted by Crippen LogP contribution is 2.65. The van der Waals surface area contributed by atoms with Gasteiger partial charge < -0.3 is 5.11 Å². The fourth-order valence-electron chi connectivity index (χ4n) is 9.48. The molecule has 2 N–H and O–H groups in total. The molecule has 5 aromatic rings. The van der Waals surface area contributed by atoms with E-state index >= 15 is 4.79 Å². The number of para-hydroxylation sites is 1. The van der Waals surface area contributed by atoms with E-state index in [0.717, 1.165) is 22.1 Å². The van der Waals surface area contributed by atoms with Crippen molar-refractivity contribution < 1.29 is 24.3 Å². The number of allylic oxidation sites excluding steroid dienone is 2. The number of hydrazine groups is 1. The summed E-state index contributed by atoms with van der Waals surface area (Å²) in [4.78, 5) is 60.1. The van der Waals surface area contributed by atoms with Crippen molar-refractivity contribution in [3.63, 3.8) is 0 Å². The van der Waals surface area contributed by atoms with E-state index in [1.54, 1.807) is 30.3 Å². The quantitative estimate of drug-likeness (QED) is 0.153. The van der Waals surface area contributed by atoms with Crippen LogP contribution in [0.25, 0.3) is 10.8 Å². The number of imide groups is 2. The van der Waals surface area contributed by atoms with E-state index in [4.69, 9.17) is 0 Å². The van der Waals surface area contributed by atoms with Crippen molar-refractivity contribution in [2.45, 2.75) is 31.1 Å². The van der Waals surface area contributed by atoms with Gasteiger partial charge in [0.15, 0.2) is 0 Å². The highest BCUT2D eigenvalue weighted by atomic mass is 16.3. The van der Waals surface area contributed by atoms with Gasteiger partial charge in [0.1, 0.15) is 5.75 Å². The lowest BCUT2D eigenvalue weighted by Gasteiger charge is -2.51. The van der Waals surface area contributed by atoms with Crippen LogP contribution >= 0.6 is 0 Å². The predicted molar refractivity (Wildman–Crippen MR) is 193 cm³/mol. The summed E-state index contributed by atoms with van der Waals surface area (Å²) in [5.74, 6) is -4.48. The van der Waals surface area contributed by atoms with E-state index in [2.05, 4.69) is 11.5 Å². The number of nitrogens with zero attached hydrogens (tertiary/aromatic N) is 2. The average Bonchev–Trinajstić information content (AvgIpc) is 3.54. The van der Waals surface area contributed by atoms with Crippen LogP contribution in [0.1, 0.15) is 35.4 Å². The molecule has 2 heterocycles. The molecule has 5 aromatic carbocycles. The number of anilines is 2. The van der Waals surface area contributed by atoms with Crippen molar-refractivity contribution >= 4 is 45.8 Å². The lowest BCUT2D eigenvalue weighted by molar-refractivity contribution is -0.138. The lowest BCUT2D eigenvalue weighted by atomic mass is 9.49. The van der Waals surface area contributed by atoms with Crippen molar-refractivity contribution in [2.75, 3.05) is 10.3 Å². The Morgan fingerprint density at radius 3 is 2.10 bits per heavy atom. The molecule has 2 saturated heterocycles. The number of aryl methyl sites for hydroxylation is 1. The maximum atomic E-state index is 15.4. The van der Waals surface area contributed by atoms with Gasteiger partial charge in [-0.2, -0.15) is 5.01 Å². The molecule has 8 nitrogen and oxygen atoms in total. The molecule has 3 fully saturated rings. The molecule has 2 aliphatic heterocycles. The summed E-state index contributed by atoms with van der Waals surface area (Å²) in [5, 5.41) is 13.5. The monoisotopic (exact) mass is 673 g/mol. The first-order valence-corrected chi connectivity index (χ1v) is 17.4. The van der Waals surface area contributed by atoms with E-state index in [1.165, 1.54) is 9.91 Å². The number of nitrogens with one attached hydrogen (secondary N) is 1. The number of phenols is 1. The molecule has 9 rings (SSSR count). The second-order valence-electron chi connectivity index (χ2n) is 14.2. The number of fused-ring (bicyclic) bond motifs is 5. The lowest BCUT2D eigenvalue weighted by Crippen LogP contribution is -2.53. The third-order valence-corrected chi connectivity index (χ3v) is 11.7. The first-order valence-electron chi connectivity index (χ1n) is 17.4. The van der Waals surface area contributed by atoms with E-state index in [1.807, 2.05) is 97.9 Å². The van der Waals surface area contributed by atoms with Crippen molar-refractivity contribution in [2.24, 2.45) is 23.7 Å². The number of carbonyl (C=O) groups excluding carboxylic acids is 4. The molecule has 0 unspecified atom stereocenters. The molecule has 6 atom stereocenters. The Morgan fingerprint density at radius 2 is 1.37 bits per heavy atom. The Kier molecular flexibility index (Phi) is 7.00. The first kappa shape index (κ1) is 31.0. The highest BCUT2D eigenvalue weighted by Gasteiger charge is 2.70. The van der Waals surface area contributed by atoms with Gasteiger partial charge in [0, 0.05) is 11.3 Å². The van der Waals surface area contributed by atoms with Crippen LogP contribution in [0.3, 0.4) is 0 Å². The van der Waals surface area contributed by atoms with Gasteiger partial charge in [-0.3, -0.25) is 29.5 Å². The van der Waals surface area contributed by atoms with Crippen LogP contribution in [0.15, 0.2) is 133 Å². The summed E-state index contributed by atoms with van der Waals surface area (Å²) in [6.45, 7) is 1.97. The molecule has 1 saturated carbocycles. The fraction of sp³-hybridized carbons (Fsp3) is 0.209. The zero-order valence-corrected chi connectivity index (χ0v) is 27.9. The van der Waals surface area contributed by atoms with Crippen molar-refractivity contribution in [1.82, 2.24) is 5.01 Å². The fourth-order valence-corrected chi connectivity index (χ4v) is 9.48. The van der Waals surface area contributed by atoms with E-state index in [9.17, 15) is 19.5 Å². The van der Waals surface area contributed by atoms with Crippen LogP contribution in [-0.4, -0.2) is 33.7 Å². The molecule has 0 bridgehead atoms. The van der Waals surface area contributed by atoms with E-state index < -0.39 is 35.0 Å². The summed E-state index contributed by atoms with van der Waals surface area (Å²) in [6.07, 6.45) is 2.61. The number of phenolic OH excluding ortho intramolecular Hbond substituents is 1. The van der Waals surface area contributed by atoms with Crippen molar-refractivity contribution in [1.29, 1.82) is 0 Å². The van der Waals surface area contributed by atoms with Gasteiger partial charge in [0.25, 0.3) is 11.8 Å². The number of carbonyl (C=O) groups is 4. The summed E-state index contributed by atoms with van der Waals surface area (Å²) >= 11 is 0. The Bertz CT molecular complexity index is 2290. The number of benzene rings is 5. The minimum Gasteiger partial charge on any atom is -0.507 e. The van der Waals surface area contributed by atoms with Crippen LogP contribution in [0.2, 0.25) is 0 Å². The van der Waals surface area contributed by atoms with Crippen LogP contribution in [0.5, 0.6) is 5.75 Å². The molecule has 4 amide bonds. The second kappa shape index (κ2) is 11.5. The highest BCUT2D eigenvalue weighted by molar-refractivity contribution is 6.22. The van der Waals surface area contributed by atoms with Gasteiger partial charge in [0.05, 0.1) is 34.5 Å². The van der Waals surface area contributed by atoms with Crippen molar-refractivity contribution in [3.05, 3.63) is 150 Å².